The summed E-state index contributed by atoms with van der Waals surface area (Å²) in [5.74, 6) is -1.90. The van der Waals surface area contributed by atoms with Crippen molar-refractivity contribution in [2.45, 2.75) is 18.5 Å². The van der Waals surface area contributed by atoms with Crippen LogP contribution in [0.2, 0.25) is 0 Å². The van der Waals surface area contributed by atoms with Gasteiger partial charge >= 0.3 is 0 Å². The van der Waals surface area contributed by atoms with Gasteiger partial charge in [-0.25, -0.2) is 13.8 Å². The van der Waals surface area contributed by atoms with Crippen molar-refractivity contribution in [3.05, 3.63) is 34.3 Å². The van der Waals surface area contributed by atoms with Crippen LogP contribution in [-0.2, 0) is 11.2 Å². The lowest BCUT2D eigenvalue weighted by molar-refractivity contribution is 0.0579. The molecule has 0 amide bonds. The molecule has 0 unspecified atom stereocenters. The van der Waals surface area contributed by atoms with E-state index in [1.54, 1.807) is 0 Å². The number of hydrogen-bond donors (Lipinski definition) is 1. The summed E-state index contributed by atoms with van der Waals surface area (Å²) in [5, 5.41) is 0.522. The van der Waals surface area contributed by atoms with E-state index in [-0.39, 0.29) is 23.2 Å². The number of ether oxygens (including phenoxy) is 1. The van der Waals surface area contributed by atoms with Crippen LogP contribution in [0.15, 0.2) is 16.5 Å². The van der Waals surface area contributed by atoms with E-state index in [2.05, 4.69) is 9.97 Å². The Morgan fingerprint density at radius 3 is 2.92 bits per heavy atom. The maximum Gasteiger partial charge on any atom is 0.299 e. The van der Waals surface area contributed by atoms with Gasteiger partial charge in [-0.2, -0.15) is 4.98 Å². The van der Waals surface area contributed by atoms with Crippen LogP contribution >= 0.6 is 11.3 Å². The number of benzene rings is 1. The Labute approximate surface area is 138 Å². The molecule has 9 heteroatoms. The van der Waals surface area contributed by atoms with E-state index in [4.69, 9.17) is 14.9 Å². The predicted molar refractivity (Wildman–Crippen MR) is 84.0 cm³/mol. The summed E-state index contributed by atoms with van der Waals surface area (Å²) < 4.78 is 38.2. The molecule has 2 aromatic heterocycles. The predicted octanol–water partition coefficient (Wildman–Crippen LogP) is 2.65. The quantitative estimate of drug-likeness (QED) is 0.727. The molecular weight excluding hydrogens is 338 g/mol. The minimum atomic E-state index is -0.954. The molecule has 6 nitrogen and oxygen atoms in total. The van der Waals surface area contributed by atoms with Gasteiger partial charge in [-0.05, 0) is 0 Å². The Balaban J connectivity index is 1.63. The third-order valence-corrected chi connectivity index (χ3v) is 5.46. The SMILES string of the molecule is Nc1nc2c(s1)[C@@H]1COC[C@H](C2)N1c1nc2cc(F)c(F)cc2o1. The van der Waals surface area contributed by atoms with Gasteiger partial charge in [0, 0.05) is 18.6 Å². The molecular formula is C15H12F2N4O2S. The van der Waals surface area contributed by atoms with Crippen LogP contribution in [0, 0.1) is 11.6 Å². The summed E-state index contributed by atoms with van der Waals surface area (Å²) in [6.07, 6.45) is 0.668. The van der Waals surface area contributed by atoms with Crippen molar-refractivity contribution < 1.29 is 17.9 Å². The minimum absolute atomic E-state index is 0.000469. The van der Waals surface area contributed by atoms with E-state index < -0.39 is 11.6 Å². The van der Waals surface area contributed by atoms with Crippen LogP contribution in [0.1, 0.15) is 16.6 Å². The summed E-state index contributed by atoms with van der Waals surface area (Å²) in [7, 11) is 0. The van der Waals surface area contributed by atoms with Gasteiger partial charge in [0.15, 0.2) is 22.3 Å². The maximum absolute atomic E-state index is 13.4. The fourth-order valence-electron chi connectivity index (χ4n) is 3.41. The molecule has 5 rings (SSSR count). The van der Waals surface area contributed by atoms with Gasteiger partial charge in [-0.3, -0.25) is 0 Å². The highest BCUT2D eigenvalue weighted by molar-refractivity contribution is 7.15. The summed E-state index contributed by atoms with van der Waals surface area (Å²) in [6.45, 7) is 0.974. The van der Waals surface area contributed by atoms with E-state index in [0.29, 0.717) is 30.8 Å². The summed E-state index contributed by atoms with van der Waals surface area (Å²) >= 11 is 1.42. The zero-order valence-corrected chi connectivity index (χ0v) is 13.1. The van der Waals surface area contributed by atoms with Gasteiger partial charge in [-0.15, -0.1) is 0 Å². The molecule has 2 aliphatic heterocycles. The van der Waals surface area contributed by atoms with Gasteiger partial charge in [0.1, 0.15) is 5.52 Å². The third kappa shape index (κ3) is 1.94. The number of nitrogens with two attached hydrogens (primary N) is 1. The van der Waals surface area contributed by atoms with Gasteiger partial charge < -0.3 is 19.8 Å². The topological polar surface area (TPSA) is 77.4 Å². The highest BCUT2D eigenvalue weighted by Crippen LogP contribution is 2.43. The van der Waals surface area contributed by atoms with Crippen molar-refractivity contribution in [1.82, 2.24) is 9.97 Å². The van der Waals surface area contributed by atoms with Gasteiger partial charge in [0.2, 0.25) is 0 Å². The highest BCUT2D eigenvalue weighted by Gasteiger charge is 2.42. The molecule has 4 heterocycles. The highest BCUT2D eigenvalue weighted by atomic mass is 32.1. The molecule has 2 bridgehead atoms. The molecule has 2 atom stereocenters. The lowest BCUT2D eigenvalue weighted by Gasteiger charge is -2.43. The van der Waals surface area contributed by atoms with Crippen molar-refractivity contribution in [1.29, 1.82) is 0 Å². The first kappa shape index (κ1) is 14.1. The van der Waals surface area contributed by atoms with Gasteiger partial charge in [-0.1, -0.05) is 11.3 Å². The number of morpholine rings is 1. The van der Waals surface area contributed by atoms with Crippen LogP contribution in [0.25, 0.3) is 11.1 Å². The van der Waals surface area contributed by atoms with E-state index in [9.17, 15) is 8.78 Å². The van der Waals surface area contributed by atoms with Crippen LogP contribution in [0.3, 0.4) is 0 Å². The fourth-order valence-corrected chi connectivity index (χ4v) is 4.36. The van der Waals surface area contributed by atoms with Crippen molar-refractivity contribution in [3.63, 3.8) is 0 Å². The molecule has 1 fully saturated rings. The Kier molecular flexibility index (Phi) is 2.86. The number of nitrogens with zero attached hydrogens (tertiary/aromatic N) is 3. The number of oxazole rings is 1. The second-order valence-corrected chi connectivity index (χ2v) is 6.97. The number of aromatic nitrogens is 2. The molecule has 24 heavy (non-hydrogen) atoms. The van der Waals surface area contributed by atoms with Crippen molar-refractivity contribution in [2.24, 2.45) is 0 Å². The normalized spacial score (nSPS) is 22.8. The van der Waals surface area contributed by atoms with Crippen molar-refractivity contribution >= 4 is 33.6 Å². The average molecular weight is 350 g/mol. The molecule has 1 aromatic carbocycles. The van der Waals surface area contributed by atoms with E-state index in [1.165, 1.54) is 11.3 Å². The minimum Gasteiger partial charge on any atom is -0.423 e. The number of rotatable bonds is 1. The lowest BCUT2D eigenvalue weighted by atomic mass is 9.97. The number of anilines is 2. The molecule has 0 radical (unpaired) electrons. The zero-order valence-electron chi connectivity index (χ0n) is 12.3. The van der Waals surface area contributed by atoms with E-state index in [0.717, 1.165) is 22.7 Å². The molecule has 3 aromatic rings. The number of fused-ring (bicyclic) bond motifs is 5. The third-order valence-electron chi connectivity index (χ3n) is 4.43. The van der Waals surface area contributed by atoms with Crippen LogP contribution in [-0.4, -0.2) is 29.2 Å². The Morgan fingerprint density at radius 1 is 1.21 bits per heavy atom. The monoisotopic (exact) mass is 350 g/mol. The van der Waals surface area contributed by atoms with Crippen LogP contribution in [0.4, 0.5) is 19.9 Å². The largest absolute Gasteiger partial charge is 0.423 e. The van der Waals surface area contributed by atoms with E-state index in [1.807, 2.05) is 4.90 Å². The molecule has 2 aliphatic rings. The number of thiazole rings is 1. The Hall–Kier alpha value is -2.26. The van der Waals surface area contributed by atoms with Crippen molar-refractivity contribution in [2.75, 3.05) is 23.8 Å². The second kappa shape index (κ2) is 4.87. The van der Waals surface area contributed by atoms with Gasteiger partial charge in [0.05, 0.1) is 35.9 Å². The summed E-state index contributed by atoms with van der Waals surface area (Å²) in [6, 6.07) is 2.30. The summed E-state index contributed by atoms with van der Waals surface area (Å²) in [4.78, 5) is 11.8. The van der Waals surface area contributed by atoms with Gasteiger partial charge in [0.25, 0.3) is 6.01 Å². The molecule has 0 saturated carbocycles. The molecule has 2 N–H and O–H groups in total. The number of hydrogen-bond acceptors (Lipinski definition) is 7. The van der Waals surface area contributed by atoms with Crippen LogP contribution in [0.5, 0.6) is 0 Å². The van der Waals surface area contributed by atoms with Crippen LogP contribution < -0.4 is 10.6 Å². The molecule has 124 valence electrons. The first-order chi connectivity index (χ1) is 11.6. The van der Waals surface area contributed by atoms with Crippen molar-refractivity contribution in [3.8, 4) is 0 Å². The smallest absolute Gasteiger partial charge is 0.299 e. The molecule has 0 spiro atoms. The standard InChI is InChI=1S/C15H12F2N4O2S/c16-7-2-9-12(3-8(7)17)23-15(20-9)21-6-1-10-13(24-14(18)19-10)11(21)5-22-4-6/h2-3,6,11H,1,4-5H2,(H2,18,19)/t6-,11-/m0/s1. The second-order valence-electron chi connectivity index (χ2n) is 5.91. The first-order valence-electron chi connectivity index (χ1n) is 7.47. The fraction of sp³-hybridized carbons (Fsp3) is 0.333. The number of halogens is 2. The maximum atomic E-state index is 13.4. The summed E-state index contributed by atoms with van der Waals surface area (Å²) in [5.41, 5.74) is 7.34. The lowest BCUT2D eigenvalue weighted by Crippen LogP contribution is -2.51. The number of nitrogen functional groups attached to an aromatic ring is 1. The Morgan fingerprint density at radius 2 is 2.04 bits per heavy atom. The Bertz CT molecular complexity index is 917. The average Bonchev–Trinajstić information content (AvgIpc) is 3.10. The molecule has 0 aliphatic carbocycles. The molecule has 1 saturated heterocycles. The first-order valence-corrected chi connectivity index (χ1v) is 8.28. The zero-order chi connectivity index (χ0) is 16.4. The van der Waals surface area contributed by atoms with E-state index >= 15 is 0 Å².